The van der Waals surface area contributed by atoms with Gasteiger partial charge in [-0.05, 0) is 24.1 Å². The molecule has 0 fully saturated rings. The molecule has 0 saturated heterocycles. The molecule has 4 nitrogen and oxygen atoms in total. The van der Waals surface area contributed by atoms with Gasteiger partial charge in [0.1, 0.15) is 5.69 Å². The second-order valence-corrected chi connectivity index (χ2v) is 6.72. The standard InChI is InChI=1S/C14H16BrClN4S/c1-2-7-21-14-19-12(16)11(17)13(20-14)18-8-9-3-5-10(15)6-4-9/h3-6H,2,7-8,17H2,1H3,(H,18,19,20). The van der Waals surface area contributed by atoms with Gasteiger partial charge in [0, 0.05) is 16.8 Å². The van der Waals surface area contributed by atoms with E-state index in [2.05, 4.69) is 38.1 Å². The van der Waals surface area contributed by atoms with Gasteiger partial charge >= 0.3 is 0 Å². The first-order valence-electron chi connectivity index (χ1n) is 6.54. The first-order chi connectivity index (χ1) is 10.1. The van der Waals surface area contributed by atoms with E-state index in [0.29, 0.717) is 28.4 Å². The number of nitrogens with zero attached hydrogens (tertiary/aromatic N) is 2. The predicted molar refractivity (Wildman–Crippen MR) is 93.9 cm³/mol. The molecule has 0 atom stereocenters. The molecular weight excluding hydrogens is 372 g/mol. The number of thioether (sulfide) groups is 1. The molecule has 0 radical (unpaired) electrons. The Morgan fingerprint density at radius 1 is 1.29 bits per heavy atom. The molecule has 0 aliphatic heterocycles. The highest BCUT2D eigenvalue weighted by atomic mass is 79.9. The van der Waals surface area contributed by atoms with Crippen molar-refractivity contribution in [2.45, 2.75) is 25.0 Å². The zero-order valence-electron chi connectivity index (χ0n) is 11.6. The van der Waals surface area contributed by atoms with Crippen LogP contribution >= 0.6 is 39.3 Å². The lowest BCUT2D eigenvalue weighted by molar-refractivity contribution is 0.953. The van der Waals surface area contributed by atoms with E-state index in [-0.39, 0.29) is 0 Å². The number of anilines is 2. The van der Waals surface area contributed by atoms with E-state index in [4.69, 9.17) is 17.3 Å². The number of nitrogens with two attached hydrogens (primary N) is 1. The van der Waals surface area contributed by atoms with E-state index in [1.54, 1.807) is 11.8 Å². The molecule has 0 aliphatic rings. The van der Waals surface area contributed by atoms with Crippen molar-refractivity contribution in [3.05, 3.63) is 39.5 Å². The van der Waals surface area contributed by atoms with Gasteiger partial charge in [-0.25, -0.2) is 9.97 Å². The van der Waals surface area contributed by atoms with Gasteiger partial charge in [0.25, 0.3) is 0 Å². The Hall–Kier alpha value is -0.980. The summed E-state index contributed by atoms with van der Waals surface area (Å²) in [6.45, 7) is 2.74. The Morgan fingerprint density at radius 3 is 2.67 bits per heavy atom. The van der Waals surface area contributed by atoms with Crippen LogP contribution < -0.4 is 11.1 Å². The number of nitrogen functional groups attached to an aromatic ring is 1. The Kier molecular flexibility index (Phi) is 6.14. The van der Waals surface area contributed by atoms with E-state index in [1.165, 1.54) is 0 Å². The molecule has 0 saturated carbocycles. The molecule has 2 aromatic rings. The van der Waals surface area contributed by atoms with E-state index >= 15 is 0 Å². The summed E-state index contributed by atoms with van der Waals surface area (Å²) in [5.74, 6) is 1.53. The third-order valence-corrected chi connectivity index (χ3v) is 4.56. The monoisotopic (exact) mass is 386 g/mol. The molecule has 21 heavy (non-hydrogen) atoms. The van der Waals surface area contributed by atoms with Crippen LogP contribution in [0.2, 0.25) is 5.15 Å². The highest BCUT2D eigenvalue weighted by molar-refractivity contribution is 9.10. The molecular formula is C14H16BrClN4S. The number of benzene rings is 1. The van der Waals surface area contributed by atoms with Crippen LogP contribution in [0.25, 0.3) is 0 Å². The third kappa shape index (κ3) is 4.76. The van der Waals surface area contributed by atoms with Crippen molar-refractivity contribution in [3.63, 3.8) is 0 Å². The van der Waals surface area contributed by atoms with Crippen molar-refractivity contribution in [2.75, 3.05) is 16.8 Å². The van der Waals surface area contributed by atoms with Crippen LogP contribution in [0.15, 0.2) is 33.9 Å². The highest BCUT2D eigenvalue weighted by Crippen LogP contribution is 2.27. The maximum atomic E-state index is 6.06. The van der Waals surface area contributed by atoms with Gasteiger partial charge in [-0.3, -0.25) is 0 Å². The summed E-state index contributed by atoms with van der Waals surface area (Å²) in [7, 11) is 0. The highest BCUT2D eigenvalue weighted by Gasteiger charge is 2.10. The first kappa shape index (κ1) is 16.4. The zero-order chi connectivity index (χ0) is 15.2. The summed E-state index contributed by atoms with van der Waals surface area (Å²) in [5, 5.41) is 4.16. The normalized spacial score (nSPS) is 10.6. The second-order valence-electron chi connectivity index (χ2n) is 4.39. The average molecular weight is 388 g/mol. The quantitative estimate of drug-likeness (QED) is 0.431. The van der Waals surface area contributed by atoms with Gasteiger partial charge in [0.15, 0.2) is 16.1 Å². The van der Waals surface area contributed by atoms with Crippen LogP contribution in [-0.4, -0.2) is 15.7 Å². The lowest BCUT2D eigenvalue weighted by Gasteiger charge is -2.11. The molecule has 0 amide bonds. The smallest absolute Gasteiger partial charge is 0.191 e. The largest absolute Gasteiger partial charge is 0.393 e. The van der Waals surface area contributed by atoms with E-state index in [9.17, 15) is 0 Å². The summed E-state index contributed by atoms with van der Waals surface area (Å²) in [5.41, 5.74) is 7.45. The van der Waals surface area contributed by atoms with Crippen molar-refractivity contribution in [1.29, 1.82) is 0 Å². The average Bonchev–Trinajstić information content (AvgIpc) is 2.48. The molecule has 0 aliphatic carbocycles. The van der Waals surface area contributed by atoms with Crippen LogP contribution in [0.3, 0.4) is 0 Å². The number of nitrogens with one attached hydrogen (secondary N) is 1. The van der Waals surface area contributed by atoms with Crippen LogP contribution in [0.4, 0.5) is 11.5 Å². The molecule has 112 valence electrons. The Labute approximate surface area is 142 Å². The molecule has 0 bridgehead atoms. The van der Waals surface area contributed by atoms with Crippen LogP contribution in [-0.2, 0) is 6.54 Å². The van der Waals surface area contributed by atoms with Gasteiger partial charge in [0.05, 0.1) is 0 Å². The molecule has 1 aromatic carbocycles. The van der Waals surface area contributed by atoms with E-state index in [0.717, 1.165) is 22.2 Å². The lowest BCUT2D eigenvalue weighted by Crippen LogP contribution is -2.07. The van der Waals surface area contributed by atoms with Gasteiger partial charge in [-0.15, -0.1) is 0 Å². The predicted octanol–water partition coefficient (Wildman–Crippen LogP) is 4.59. The topological polar surface area (TPSA) is 63.8 Å². The minimum atomic E-state index is 0.293. The fraction of sp³-hybridized carbons (Fsp3) is 0.286. The summed E-state index contributed by atoms with van der Waals surface area (Å²) < 4.78 is 1.05. The van der Waals surface area contributed by atoms with Crippen molar-refractivity contribution >= 4 is 50.8 Å². The molecule has 1 heterocycles. The second kappa shape index (κ2) is 7.87. The van der Waals surface area contributed by atoms with Crippen LogP contribution in [0.1, 0.15) is 18.9 Å². The molecule has 0 spiro atoms. The summed E-state index contributed by atoms with van der Waals surface area (Å²) in [6, 6.07) is 8.05. The minimum absolute atomic E-state index is 0.293. The molecule has 0 unspecified atom stereocenters. The summed E-state index contributed by atoms with van der Waals surface area (Å²) in [4.78, 5) is 8.61. The number of rotatable bonds is 6. The maximum absolute atomic E-state index is 6.06. The maximum Gasteiger partial charge on any atom is 0.191 e. The Balaban J connectivity index is 2.10. The van der Waals surface area contributed by atoms with Crippen LogP contribution in [0.5, 0.6) is 0 Å². The number of hydrogen-bond acceptors (Lipinski definition) is 5. The summed E-state index contributed by atoms with van der Waals surface area (Å²) >= 11 is 11.1. The number of hydrogen-bond donors (Lipinski definition) is 2. The SMILES string of the molecule is CCCSc1nc(Cl)c(N)c(NCc2ccc(Br)cc2)n1. The lowest BCUT2D eigenvalue weighted by atomic mass is 10.2. The van der Waals surface area contributed by atoms with E-state index in [1.807, 2.05) is 24.3 Å². The van der Waals surface area contributed by atoms with Crippen LogP contribution in [0, 0.1) is 0 Å². The van der Waals surface area contributed by atoms with Gasteiger partial charge in [-0.2, -0.15) is 0 Å². The minimum Gasteiger partial charge on any atom is -0.393 e. The van der Waals surface area contributed by atoms with E-state index < -0.39 is 0 Å². The fourth-order valence-corrected chi connectivity index (χ4v) is 2.79. The zero-order valence-corrected chi connectivity index (χ0v) is 14.7. The van der Waals surface area contributed by atoms with Gasteiger partial charge in [-0.1, -0.05) is 58.3 Å². The third-order valence-electron chi connectivity index (χ3n) is 2.69. The van der Waals surface area contributed by atoms with Gasteiger partial charge in [0.2, 0.25) is 0 Å². The number of aromatic nitrogens is 2. The Bertz CT molecular complexity index is 607. The van der Waals surface area contributed by atoms with Crippen molar-refractivity contribution in [3.8, 4) is 0 Å². The van der Waals surface area contributed by atoms with Gasteiger partial charge < -0.3 is 11.1 Å². The molecule has 1 aromatic heterocycles. The van der Waals surface area contributed by atoms with Crippen molar-refractivity contribution in [1.82, 2.24) is 9.97 Å². The molecule has 3 N–H and O–H groups in total. The fourth-order valence-electron chi connectivity index (χ4n) is 1.60. The van der Waals surface area contributed by atoms with Crippen molar-refractivity contribution in [2.24, 2.45) is 0 Å². The van der Waals surface area contributed by atoms with Crippen molar-refractivity contribution < 1.29 is 0 Å². The summed E-state index contributed by atoms with van der Waals surface area (Å²) in [6.07, 6.45) is 1.05. The number of halogens is 2. The molecule has 2 rings (SSSR count). The molecule has 7 heteroatoms. The Morgan fingerprint density at radius 2 is 2.00 bits per heavy atom. The first-order valence-corrected chi connectivity index (χ1v) is 8.70.